The van der Waals surface area contributed by atoms with E-state index in [0.717, 1.165) is 51.4 Å². The minimum Gasteiger partial charge on any atom is -0.475 e. The molecule has 1 aliphatic heterocycles. The fourth-order valence-corrected chi connectivity index (χ4v) is 3.69. The normalized spacial score (nSPS) is 16.5. The summed E-state index contributed by atoms with van der Waals surface area (Å²) in [6.45, 7) is 5.55. The van der Waals surface area contributed by atoms with Gasteiger partial charge in [0.15, 0.2) is 11.2 Å². The number of alkyl halides is 3. The van der Waals surface area contributed by atoms with Gasteiger partial charge in [0.25, 0.3) is 5.56 Å². The summed E-state index contributed by atoms with van der Waals surface area (Å²) in [5.41, 5.74) is 0.419. The Hall–Kier alpha value is -3.27. The molecule has 2 aromatic heterocycles. The second-order valence-corrected chi connectivity index (χ2v) is 7.74. The average Bonchev–Trinajstić information content (AvgIpc) is 3.12. The molecule has 10 nitrogen and oxygen atoms in total. The number of anilines is 1. The highest BCUT2D eigenvalue weighted by atomic mass is 19.4. The number of rotatable bonds is 3. The Balaban J connectivity index is 0.000000383. The first-order chi connectivity index (χ1) is 15.6. The first kappa shape index (κ1) is 24.4. The first-order valence-electron chi connectivity index (χ1n) is 10.4. The Kier molecular flexibility index (Phi) is 7.16. The summed E-state index contributed by atoms with van der Waals surface area (Å²) in [7, 11) is 1.55. The molecule has 1 saturated carbocycles. The predicted octanol–water partition coefficient (Wildman–Crippen LogP) is 0.688. The number of hydrogen-bond donors (Lipinski definition) is 2. The zero-order valence-electron chi connectivity index (χ0n) is 18.3. The van der Waals surface area contributed by atoms with Crippen molar-refractivity contribution in [2.45, 2.75) is 44.9 Å². The zero-order chi connectivity index (χ0) is 24.3. The quantitative estimate of drug-likeness (QED) is 0.635. The van der Waals surface area contributed by atoms with Crippen LogP contribution in [0.15, 0.2) is 9.59 Å². The van der Waals surface area contributed by atoms with Crippen molar-refractivity contribution in [3.63, 3.8) is 0 Å². The van der Waals surface area contributed by atoms with Crippen LogP contribution >= 0.6 is 0 Å². The minimum absolute atomic E-state index is 0.133. The van der Waals surface area contributed by atoms with E-state index in [-0.39, 0.29) is 17.3 Å². The van der Waals surface area contributed by atoms with Crippen molar-refractivity contribution in [2.24, 2.45) is 7.05 Å². The van der Waals surface area contributed by atoms with Crippen LogP contribution < -0.4 is 21.5 Å². The Labute approximate surface area is 186 Å². The Morgan fingerprint density at radius 1 is 1.24 bits per heavy atom. The third kappa shape index (κ3) is 4.90. The fourth-order valence-electron chi connectivity index (χ4n) is 3.69. The van der Waals surface area contributed by atoms with Gasteiger partial charge < -0.3 is 15.3 Å². The number of aromatic nitrogens is 4. The number of hydrogen-bond acceptors (Lipinski definition) is 6. The van der Waals surface area contributed by atoms with Crippen molar-refractivity contribution in [2.75, 3.05) is 31.1 Å². The number of aliphatic carboxylic acids is 1. The fraction of sp³-hybridized carbons (Fsp3) is 0.600. The number of fused-ring (bicyclic) bond motifs is 1. The van der Waals surface area contributed by atoms with E-state index in [0.29, 0.717) is 17.7 Å². The lowest BCUT2D eigenvalue weighted by Crippen LogP contribution is -2.44. The highest BCUT2D eigenvalue weighted by molar-refractivity contribution is 5.75. The van der Waals surface area contributed by atoms with E-state index in [1.165, 1.54) is 4.57 Å². The molecular weight excluding hydrogens is 445 g/mol. The summed E-state index contributed by atoms with van der Waals surface area (Å²) in [4.78, 5) is 41.6. The van der Waals surface area contributed by atoms with Crippen molar-refractivity contribution in [1.82, 2.24) is 24.0 Å². The Morgan fingerprint density at radius 3 is 2.33 bits per heavy atom. The van der Waals surface area contributed by atoms with E-state index in [9.17, 15) is 22.8 Å². The van der Waals surface area contributed by atoms with Crippen LogP contribution in [0.4, 0.5) is 19.1 Å². The van der Waals surface area contributed by atoms with E-state index >= 15 is 0 Å². The van der Waals surface area contributed by atoms with Gasteiger partial charge in [0, 0.05) is 39.3 Å². The largest absolute Gasteiger partial charge is 0.490 e. The smallest absolute Gasteiger partial charge is 0.475 e. The van der Waals surface area contributed by atoms with Crippen LogP contribution in [0.3, 0.4) is 0 Å². The van der Waals surface area contributed by atoms with E-state index < -0.39 is 12.1 Å². The molecule has 13 heteroatoms. The summed E-state index contributed by atoms with van der Waals surface area (Å²) in [6.07, 6.45) is -2.07. The van der Waals surface area contributed by atoms with Crippen LogP contribution in [-0.2, 0) is 18.4 Å². The summed E-state index contributed by atoms with van der Waals surface area (Å²) < 4.78 is 36.6. The van der Waals surface area contributed by atoms with Gasteiger partial charge in [0.05, 0.1) is 6.54 Å². The number of nitrogens with zero attached hydrogens (tertiary/aromatic N) is 5. The average molecular weight is 470 g/mol. The molecule has 3 heterocycles. The molecule has 0 atom stereocenters. The van der Waals surface area contributed by atoms with Gasteiger partial charge in [-0.1, -0.05) is 5.92 Å². The van der Waals surface area contributed by atoms with Gasteiger partial charge >= 0.3 is 17.8 Å². The lowest BCUT2D eigenvalue weighted by atomic mass is 9.93. The maximum Gasteiger partial charge on any atom is 0.490 e. The molecule has 0 aromatic carbocycles. The van der Waals surface area contributed by atoms with Crippen molar-refractivity contribution in [3.8, 4) is 11.8 Å². The standard InChI is InChI=1S/C18H24N6O2.C2HF3O2/c1-3-4-10-23-14-15(20-17(23)22-11-8-19-9-12-22)24(13-6-5-7-13)18(26)21(2)16(14)25;3-2(4,5)1(6)7/h13,19H,5-12H2,1-2H3;(H,6,7). The summed E-state index contributed by atoms with van der Waals surface area (Å²) in [6, 6.07) is 0.133. The maximum absolute atomic E-state index is 12.9. The molecule has 2 fully saturated rings. The van der Waals surface area contributed by atoms with E-state index in [1.54, 1.807) is 18.5 Å². The molecule has 33 heavy (non-hydrogen) atoms. The molecule has 1 saturated heterocycles. The number of carboxylic acid groups (broad SMARTS) is 1. The molecule has 4 rings (SSSR count). The first-order valence-corrected chi connectivity index (χ1v) is 10.4. The molecule has 1 aliphatic carbocycles. The number of nitrogens with one attached hydrogen (secondary N) is 1. The number of halogens is 3. The second kappa shape index (κ2) is 9.70. The van der Waals surface area contributed by atoms with Gasteiger partial charge in [-0.15, -0.1) is 5.92 Å². The molecule has 2 aliphatic rings. The van der Waals surface area contributed by atoms with Gasteiger partial charge in [-0.2, -0.15) is 18.2 Å². The second-order valence-electron chi connectivity index (χ2n) is 7.74. The molecule has 180 valence electrons. The maximum atomic E-state index is 12.9. The van der Waals surface area contributed by atoms with Crippen LogP contribution in [-0.4, -0.2) is 62.1 Å². The third-order valence-electron chi connectivity index (χ3n) is 5.65. The highest BCUT2D eigenvalue weighted by Gasteiger charge is 2.38. The molecule has 2 N–H and O–H groups in total. The molecular formula is C20H25F3N6O4. The lowest BCUT2D eigenvalue weighted by molar-refractivity contribution is -0.192. The van der Waals surface area contributed by atoms with E-state index in [2.05, 4.69) is 22.1 Å². The Bertz CT molecular complexity index is 1210. The summed E-state index contributed by atoms with van der Waals surface area (Å²) in [5, 5.41) is 10.5. The summed E-state index contributed by atoms with van der Waals surface area (Å²) >= 11 is 0. The van der Waals surface area contributed by atoms with Crippen molar-refractivity contribution in [1.29, 1.82) is 0 Å². The van der Waals surface area contributed by atoms with Gasteiger partial charge in [0.1, 0.15) is 0 Å². The molecule has 0 bridgehead atoms. The van der Waals surface area contributed by atoms with Gasteiger partial charge in [-0.25, -0.2) is 9.59 Å². The van der Waals surface area contributed by atoms with Crippen LogP contribution in [0.2, 0.25) is 0 Å². The number of piperazine rings is 1. The van der Waals surface area contributed by atoms with E-state index in [4.69, 9.17) is 14.9 Å². The van der Waals surface area contributed by atoms with Crippen molar-refractivity contribution >= 4 is 23.1 Å². The number of imidazole rings is 1. The highest BCUT2D eigenvalue weighted by Crippen LogP contribution is 2.32. The van der Waals surface area contributed by atoms with E-state index in [1.807, 2.05) is 4.57 Å². The minimum atomic E-state index is -5.08. The van der Waals surface area contributed by atoms with Crippen molar-refractivity contribution < 1.29 is 23.1 Å². The molecule has 0 spiro atoms. The summed E-state index contributed by atoms with van der Waals surface area (Å²) in [5.74, 6) is 3.93. The Morgan fingerprint density at radius 2 is 1.85 bits per heavy atom. The third-order valence-corrected chi connectivity index (χ3v) is 5.65. The number of carbonyl (C=O) groups is 1. The molecule has 2 aromatic rings. The lowest BCUT2D eigenvalue weighted by Gasteiger charge is -2.28. The molecule has 0 radical (unpaired) electrons. The number of carboxylic acids is 1. The van der Waals surface area contributed by atoms with Crippen LogP contribution in [0.1, 0.15) is 32.2 Å². The van der Waals surface area contributed by atoms with Gasteiger partial charge in [-0.05, 0) is 26.2 Å². The topological polar surface area (TPSA) is 114 Å². The molecule has 0 unspecified atom stereocenters. The van der Waals surface area contributed by atoms with Gasteiger partial charge in [0.2, 0.25) is 5.95 Å². The zero-order valence-corrected chi connectivity index (χ0v) is 18.3. The van der Waals surface area contributed by atoms with Crippen LogP contribution in [0.25, 0.3) is 11.2 Å². The predicted molar refractivity (Wildman–Crippen MR) is 114 cm³/mol. The SMILES string of the molecule is CC#CCn1c(N2CCNCC2)nc2c1c(=O)n(C)c(=O)n2C1CCC1.O=C(O)C(F)(F)F. The molecule has 0 amide bonds. The van der Waals surface area contributed by atoms with Crippen LogP contribution in [0, 0.1) is 11.8 Å². The monoisotopic (exact) mass is 470 g/mol. The van der Waals surface area contributed by atoms with Crippen LogP contribution in [0.5, 0.6) is 0 Å². The van der Waals surface area contributed by atoms with Crippen molar-refractivity contribution in [3.05, 3.63) is 20.8 Å². The van der Waals surface area contributed by atoms with Gasteiger partial charge in [-0.3, -0.25) is 18.5 Å².